The van der Waals surface area contributed by atoms with Crippen LogP contribution >= 0.6 is 0 Å². The van der Waals surface area contributed by atoms with E-state index in [2.05, 4.69) is 16.8 Å². The zero-order valence-electron chi connectivity index (χ0n) is 7.14. The Labute approximate surface area is 74.5 Å². The van der Waals surface area contributed by atoms with E-state index < -0.39 is 0 Å². The highest BCUT2D eigenvalue weighted by molar-refractivity contribution is 5.69. The first-order chi connectivity index (χ1) is 6.20. The third-order valence-electron chi connectivity index (χ3n) is 1.71. The number of aromatic nitrogens is 4. The molecule has 2 rings (SSSR count). The van der Waals surface area contributed by atoms with Gasteiger partial charge in [-0.15, -0.1) is 4.85 Å². The molecule has 0 bridgehead atoms. The zero-order valence-corrected chi connectivity index (χ0v) is 7.14. The predicted octanol–water partition coefficient (Wildman–Crippen LogP) is 0.555. The molecule has 0 atom stereocenters. The van der Waals surface area contributed by atoms with Crippen molar-refractivity contribution in [2.45, 2.75) is 6.92 Å². The Morgan fingerprint density at radius 1 is 1.69 bits per heavy atom. The first-order valence-electron chi connectivity index (χ1n) is 3.79. The molecular formula is C8H8N4O. The summed E-state index contributed by atoms with van der Waals surface area (Å²) in [4.78, 5) is 4.58. The summed E-state index contributed by atoms with van der Waals surface area (Å²) >= 11 is 0. The van der Waals surface area contributed by atoms with Gasteiger partial charge in [0.2, 0.25) is 5.52 Å². The molecule has 0 saturated heterocycles. The van der Waals surface area contributed by atoms with E-state index in [9.17, 15) is 5.21 Å². The van der Waals surface area contributed by atoms with Crippen molar-refractivity contribution in [2.24, 2.45) is 0 Å². The van der Waals surface area contributed by atoms with E-state index in [1.54, 1.807) is 25.3 Å². The summed E-state index contributed by atoms with van der Waals surface area (Å²) < 4.78 is 1.42. The Kier molecular flexibility index (Phi) is 1.51. The van der Waals surface area contributed by atoms with Crippen LogP contribution in [-0.2, 0) is 0 Å². The van der Waals surface area contributed by atoms with E-state index in [-0.39, 0.29) is 0 Å². The average Bonchev–Trinajstić information content (AvgIpc) is 2.45. The largest absolute Gasteiger partial charge is 0.691 e. The van der Waals surface area contributed by atoms with E-state index in [1.165, 1.54) is 4.68 Å². The molecule has 0 unspecified atom stereocenters. The first kappa shape index (κ1) is 7.72. The van der Waals surface area contributed by atoms with Crippen LogP contribution in [0.5, 0.6) is 0 Å². The first-order valence-corrected chi connectivity index (χ1v) is 3.79. The van der Waals surface area contributed by atoms with E-state index in [0.29, 0.717) is 21.7 Å². The van der Waals surface area contributed by atoms with Gasteiger partial charge in [0.1, 0.15) is 10.9 Å². The van der Waals surface area contributed by atoms with Crippen LogP contribution < -0.4 is 4.85 Å². The standard InChI is InChI=1S/C8H8N4O/c1-6(2)11-8-7(12(13)10-11)4-3-5-9-8/h3-5H,1H2,2H3. The molecule has 0 saturated carbocycles. The summed E-state index contributed by atoms with van der Waals surface area (Å²) in [5.41, 5.74) is 1.65. The molecule has 5 heteroatoms. The number of rotatable bonds is 1. The number of allylic oxidation sites excluding steroid dienone is 1. The second-order valence-corrected chi connectivity index (χ2v) is 2.76. The number of pyridine rings is 1. The smallest absolute Gasteiger partial charge is 0.297 e. The molecule has 2 heterocycles. The lowest BCUT2D eigenvalue weighted by molar-refractivity contribution is -0.645. The van der Waals surface area contributed by atoms with E-state index in [4.69, 9.17) is 0 Å². The molecule has 2 aromatic heterocycles. The SMILES string of the molecule is C=C(C)n1n[n+]([O-])c2cccnc21. The van der Waals surface area contributed by atoms with Gasteiger partial charge in [-0.05, 0) is 19.1 Å². The van der Waals surface area contributed by atoms with Crippen molar-refractivity contribution in [2.75, 3.05) is 0 Å². The van der Waals surface area contributed by atoms with E-state index >= 15 is 0 Å². The fraction of sp³-hybridized carbons (Fsp3) is 0.125. The van der Waals surface area contributed by atoms with Crippen LogP contribution in [0.2, 0.25) is 0 Å². The summed E-state index contributed by atoms with van der Waals surface area (Å²) in [7, 11) is 0. The van der Waals surface area contributed by atoms with Gasteiger partial charge in [0.05, 0.1) is 0 Å². The van der Waals surface area contributed by atoms with Crippen LogP contribution in [0.4, 0.5) is 0 Å². The molecule has 0 radical (unpaired) electrons. The van der Waals surface area contributed by atoms with Crippen LogP contribution in [0.3, 0.4) is 0 Å². The lowest BCUT2D eigenvalue weighted by Crippen LogP contribution is -2.29. The fourth-order valence-corrected chi connectivity index (χ4v) is 1.13. The predicted molar refractivity (Wildman–Crippen MR) is 47.5 cm³/mol. The topological polar surface area (TPSA) is 57.6 Å². The fourth-order valence-electron chi connectivity index (χ4n) is 1.13. The third-order valence-corrected chi connectivity index (χ3v) is 1.71. The van der Waals surface area contributed by atoms with Gasteiger partial charge in [0.15, 0.2) is 0 Å². The van der Waals surface area contributed by atoms with Crippen molar-refractivity contribution in [3.8, 4) is 0 Å². The molecule has 0 N–H and O–H groups in total. The monoisotopic (exact) mass is 176 g/mol. The highest BCUT2D eigenvalue weighted by atomic mass is 16.5. The summed E-state index contributed by atoms with van der Waals surface area (Å²) in [5.74, 6) is 0. The van der Waals surface area contributed by atoms with Gasteiger partial charge in [-0.25, -0.2) is 4.98 Å². The van der Waals surface area contributed by atoms with Crippen molar-refractivity contribution >= 4 is 16.9 Å². The van der Waals surface area contributed by atoms with Gasteiger partial charge in [0, 0.05) is 6.20 Å². The van der Waals surface area contributed by atoms with Gasteiger partial charge >= 0.3 is 0 Å². The van der Waals surface area contributed by atoms with Gasteiger partial charge in [-0.1, -0.05) is 11.3 Å². The van der Waals surface area contributed by atoms with E-state index in [0.717, 1.165) is 0 Å². The highest BCUT2D eigenvalue weighted by Gasteiger charge is 2.14. The number of hydrogen-bond acceptors (Lipinski definition) is 3. The molecule has 66 valence electrons. The van der Waals surface area contributed by atoms with Crippen LogP contribution in [0.25, 0.3) is 16.9 Å². The molecule has 0 amide bonds. The quantitative estimate of drug-likeness (QED) is 0.471. The highest BCUT2D eigenvalue weighted by Crippen LogP contribution is 2.08. The molecule has 5 nitrogen and oxygen atoms in total. The zero-order chi connectivity index (χ0) is 9.42. The Morgan fingerprint density at radius 2 is 2.46 bits per heavy atom. The van der Waals surface area contributed by atoms with Crippen LogP contribution in [-0.4, -0.2) is 14.9 Å². The minimum Gasteiger partial charge on any atom is -0.691 e. The molecule has 0 aromatic carbocycles. The number of fused-ring (bicyclic) bond motifs is 1. The molecule has 0 fully saturated rings. The third kappa shape index (κ3) is 1.05. The second kappa shape index (κ2) is 2.55. The summed E-state index contributed by atoms with van der Waals surface area (Å²) in [6.07, 6.45) is 1.61. The Morgan fingerprint density at radius 3 is 3.15 bits per heavy atom. The maximum atomic E-state index is 11.2. The molecule has 0 aliphatic carbocycles. The molecule has 0 aliphatic rings. The Bertz CT molecular complexity index is 474. The Balaban J connectivity index is 2.85. The van der Waals surface area contributed by atoms with Gasteiger partial charge < -0.3 is 5.21 Å². The van der Waals surface area contributed by atoms with E-state index in [1.807, 2.05) is 0 Å². The maximum Gasteiger partial charge on any atom is 0.297 e. The maximum absolute atomic E-state index is 11.2. The van der Waals surface area contributed by atoms with Crippen molar-refractivity contribution in [3.63, 3.8) is 0 Å². The summed E-state index contributed by atoms with van der Waals surface area (Å²) in [6.45, 7) is 5.46. The second-order valence-electron chi connectivity index (χ2n) is 2.76. The minimum atomic E-state index is 0.450. The lowest BCUT2D eigenvalue weighted by atomic mass is 10.4. The van der Waals surface area contributed by atoms with Gasteiger partial charge in [-0.2, -0.15) is 0 Å². The molecule has 13 heavy (non-hydrogen) atoms. The lowest BCUT2D eigenvalue weighted by Gasteiger charge is -1.88. The normalized spacial score (nSPS) is 10.5. The van der Waals surface area contributed by atoms with Crippen molar-refractivity contribution in [1.82, 2.24) is 14.9 Å². The molecule has 0 aliphatic heterocycles. The molecular weight excluding hydrogens is 168 g/mol. The van der Waals surface area contributed by atoms with Gasteiger partial charge in [-0.3, -0.25) is 0 Å². The van der Waals surface area contributed by atoms with Crippen LogP contribution in [0.1, 0.15) is 6.92 Å². The minimum absolute atomic E-state index is 0.450. The number of hydrogen-bond donors (Lipinski definition) is 0. The summed E-state index contributed by atoms with van der Waals surface area (Å²) in [6, 6.07) is 3.36. The number of nitrogens with zero attached hydrogens (tertiary/aromatic N) is 4. The van der Waals surface area contributed by atoms with Crippen molar-refractivity contribution < 1.29 is 4.85 Å². The molecule has 0 spiro atoms. The Hall–Kier alpha value is -1.91. The molecule has 2 aromatic rings. The average molecular weight is 176 g/mol. The van der Waals surface area contributed by atoms with Crippen molar-refractivity contribution in [3.05, 3.63) is 30.1 Å². The van der Waals surface area contributed by atoms with Gasteiger partial charge in [0.25, 0.3) is 5.65 Å². The van der Waals surface area contributed by atoms with Crippen LogP contribution in [0, 0.1) is 5.21 Å². The van der Waals surface area contributed by atoms with Crippen molar-refractivity contribution in [1.29, 1.82) is 0 Å². The van der Waals surface area contributed by atoms with Crippen LogP contribution in [0.15, 0.2) is 24.9 Å². The summed E-state index contributed by atoms with van der Waals surface area (Å²) in [5, 5.41) is 14.9.